The first-order chi connectivity index (χ1) is 10.8. The van der Waals surface area contributed by atoms with Crippen LogP contribution in [0.15, 0.2) is 54.9 Å². The van der Waals surface area contributed by atoms with Crippen molar-refractivity contribution in [2.75, 3.05) is 6.61 Å². The van der Waals surface area contributed by atoms with Crippen LogP contribution < -0.4 is 0 Å². The molecule has 3 nitrogen and oxygen atoms in total. The van der Waals surface area contributed by atoms with Crippen LogP contribution in [0.3, 0.4) is 0 Å². The van der Waals surface area contributed by atoms with E-state index in [1.54, 1.807) is 24.5 Å². The van der Waals surface area contributed by atoms with Gasteiger partial charge in [0.15, 0.2) is 5.78 Å². The van der Waals surface area contributed by atoms with E-state index in [-0.39, 0.29) is 5.78 Å². The first kappa shape index (κ1) is 20.0. The van der Waals surface area contributed by atoms with Crippen molar-refractivity contribution < 1.29 is 9.53 Å². The number of carbonyl (C=O) groups is 1. The number of rotatable bonds is 5. The van der Waals surface area contributed by atoms with Crippen molar-refractivity contribution >= 4 is 5.78 Å². The lowest BCUT2D eigenvalue weighted by atomic mass is 10.0. The molecule has 0 spiro atoms. The Morgan fingerprint density at radius 3 is 2.05 bits per heavy atom. The molecule has 1 atom stereocenters. The number of hydrogen-bond donors (Lipinski definition) is 0. The number of hydrogen-bond acceptors (Lipinski definition) is 3. The Kier molecular flexibility index (Phi) is 11.6. The Balaban J connectivity index is 0.00000102. The quantitative estimate of drug-likeness (QED) is 0.722. The van der Waals surface area contributed by atoms with Crippen LogP contribution in [0.4, 0.5) is 0 Å². The average Bonchev–Trinajstić information content (AvgIpc) is 2.64. The van der Waals surface area contributed by atoms with E-state index >= 15 is 0 Å². The van der Waals surface area contributed by atoms with Gasteiger partial charge in [-0.25, -0.2) is 0 Å². The largest absolute Gasteiger partial charge is 0.366 e. The molecular weight excluding hydrogens is 274 g/mol. The van der Waals surface area contributed by atoms with Crippen LogP contribution in [0.25, 0.3) is 0 Å². The standard InChI is InChI=1S/C15H15NO2.2C2H6/c1-2-18-15(13-6-4-3-5-7-13)14(17)12-8-10-16-11-9-12;2*1-2/h3-11,15H,2H2,1H3;2*1-2H3. The maximum atomic E-state index is 12.4. The van der Waals surface area contributed by atoms with E-state index in [2.05, 4.69) is 4.98 Å². The van der Waals surface area contributed by atoms with Gasteiger partial charge in [-0.1, -0.05) is 58.0 Å². The number of ketones is 1. The number of carbonyl (C=O) groups excluding carboxylic acids is 1. The molecule has 0 bridgehead atoms. The second-order valence-corrected chi connectivity index (χ2v) is 3.85. The van der Waals surface area contributed by atoms with Gasteiger partial charge in [0.1, 0.15) is 6.10 Å². The van der Waals surface area contributed by atoms with Gasteiger partial charge < -0.3 is 4.74 Å². The Bertz CT molecular complexity index is 497. The van der Waals surface area contributed by atoms with Crippen molar-refractivity contribution in [2.45, 2.75) is 40.7 Å². The van der Waals surface area contributed by atoms with Gasteiger partial charge in [0.05, 0.1) is 0 Å². The zero-order valence-electron chi connectivity index (χ0n) is 14.2. The first-order valence-corrected chi connectivity index (χ1v) is 7.93. The molecule has 0 aliphatic carbocycles. The van der Waals surface area contributed by atoms with Gasteiger partial charge in [0.2, 0.25) is 0 Å². The molecule has 0 amide bonds. The van der Waals surface area contributed by atoms with Gasteiger partial charge in [-0.05, 0) is 24.6 Å². The first-order valence-electron chi connectivity index (χ1n) is 7.93. The number of nitrogens with zero attached hydrogens (tertiary/aromatic N) is 1. The molecule has 1 aromatic carbocycles. The summed E-state index contributed by atoms with van der Waals surface area (Å²) in [6, 6.07) is 12.9. The molecule has 1 heterocycles. The molecule has 0 fully saturated rings. The lowest BCUT2D eigenvalue weighted by Gasteiger charge is -2.16. The zero-order chi connectivity index (χ0) is 16.8. The zero-order valence-corrected chi connectivity index (χ0v) is 14.2. The van der Waals surface area contributed by atoms with Gasteiger partial charge in [0.25, 0.3) is 0 Å². The lowest BCUT2D eigenvalue weighted by Crippen LogP contribution is -2.16. The van der Waals surface area contributed by atoms with E-state index in [9.17, 15) is 4.79 Å². The number of benzene rings is 1. The summed E-state index contributed by atoms with van der Waals surface area (Å²) in [4.78, 5) is 16.3. The highest BCUT2D eigenvalue weighted by Crippen LogP contribution is 2.21. The third kappa shape index (κ3) is 6.19. The third-order valence-electron chi connectivity index (χ3n) is 2.64. The van der Waals surface area contributed by atoms with Gasteiger partial charge in [-0.3, -0.25) is 9.78 Å². The fourth-order valence-corrected chi connectivity index (χ4v) is 1.79. The molecule has 0 aliphatic heterocycles. The fraction of sp³-hybridized carbons (Fsp3) is 0.368. The average molecular weight is 301 g/mol. The minimum Gasteiger partial charge on any atom is -0.366 e. The van der Waals surface area contributed by atoms with Crippen molar-refractivity contribution in [1.29, 1.82) is 0 Å². The molecular formula is C19H27NO2. The van der Waals surface area contributed by atoms with Gasteiger partial charge in [0, 0.05) is 24.6 Å². The minimum atomic E-state index is -0.543. The summed E-state index contributed by atoms with van der Waals surface area (Å²) in [7, 11) is 0. The molecule has 0 N–H and O–H groups in total. The topological polar surface area (TPSA) is 39.2 Å². The van der Waals surface area contributed by atoms with Crippen LogP contribution in [-0.2, 0) is 4.74 Å². The maximum absolute atomic E-state index is 12.4. The molecule has 3 heteroatoms. The second-order valence-electron chi connectivity index (χ2n) is 3.85. The molecule has 1 aromatic heterocycles. The molecule has 0 saturated heterocycles. The highest BCUT2D eigenvalue weighted by Gasteiger charge is 2.21. The summed E-state index contributed by atoms with van der Waals surface area (Å²) in [5, 5.41) is 0. The summed E-state index contributed by atoms with van der Waals surface area (Å²) in [5.74, 6) is -0.0366. The molecule has 1 unspecified atom stereocenters. The predicted octanol–water partition coefficient (Wildman–Crippen LogP) is 5.09. The van der Waals surface area contributed by atoms with E-state index in [0.717, 1.165) is 5.56 Å². The Morgan fingerprint density at radius 1 is 1.00 bits per heavy atom. The smallest absolute Gasteiger partial charge is 0.196 e. The Hall–Kier alpha value is -2.00. The number of ether oxygens (including phenoxy) is 1. The Morgan fingerprint density at radius 2 is 1.55 bits per heavy atom. The fourth-order valence-electron chi connectivity index (χ4n) is 1.79. The lowest BCUT2D eigenvalue weighted by molar-refractivity contribution is 0.0452. The summed E-state index contributed by atoms with van der Waals surface area (Å²) in [6.45, 7) is 10.4. The van der Waals surface area contributed by atoms with Gasteiger partial charge >= 0.3 is 0 Å². The third-order valence-corrected chi connectivity index (χ3v) is 2.64. The van der Waals surface area contributed by atoms with Crippen molar-refractivity contribution in [1.82, 2.24) is 4.98 Å². The van der Waals surface area contributed by atoms with E-state index in [1.165, 1.54) is 0 Å². The van der Waals surface area contributed by atoms with Crippen LogP contribution in [-0.4, -0.2) is 17.4 Å². The Labute approximate surface area is 134 Å². The monoisotopic (exact) mass is 301 g/mol. The van der Waals surface area contributed by atoms with E-state index in [0.29, 0.717) is 12.2 Å². The molecule has 2 aromatic rings. The maximum Gasteiger partial charge on any atom is 0.196 e. The summed E-state index contributed by atoms with van der Waals surface area (Å²) < 4.78 is 5.57. The number of aromatic nitrogens is 1. The number of pyridine rings is 1. The van der Waals surface area contributed by atoms with Crippen molar-refractivity contribution in [2.24, 2.45) is 0 Å². The van der Waals surface area contributed by atoms with Gasteiger partial charge in [-0.15, -0.1) is 0 Å². The normalized spacial score (nSPS) is 10.4. The van der Waals surface area contributed by atoms with Crippen molar-refractivity contribution in [3.05, 3.63) is 66.0 Å². The van der Waals surface area contributed by atoms with Gasteiger partial charge in [-0.2, -0.15) is 0 Å². The molecule has 0 saturated carbocycles. The summed E-state index contributed by atoms with van der Waals surface area (Å²) >= 11 is 0. The molecule has 0 aliphatic rings. The van der Waals surface area contributed by atoms with Crippen LogP contribution in [0.1, 0.15) is 56.6 Å². The highest BCUT2D eigenvalue weighted by molar-refractivity contribution is 5.99. The van der Waals surface area contributed by atoms with Crippen molar-refractivity contribution in [3.63, 3.8) is 0 Å². The molecule has 0 radical (unpaired) electrons. The van der Waals surface area contributed by atoms with Crippen molar-refractivity contribution in [3.8, 4) is 0 Å². The minimum absolute atomic E-state index is 0.0366. The van der Waals surface area contributed by atoms with Crippen LogP contribution in [0, 0.1) is 0 Å². The molecule has 2 rings (SSSR count). The summed E-state index contributed by atoms with van der Waals surface area (Å²) in [5.41, 5.74) is 1.49. The molecule has 120 valence electrons. The predicted molar refractivity (Wildman–Crippen MR) is 92.1 cm³/mol. The van der Waals surface area contributed by atoms with E-state index < -0.39 is 6.10 Å². The van der Waals surface area contributed by atoms with Crippen LogP contribution >= 0.6 is 0 Å². The number of Topliss-reactive ketones (excluding diaryl/α,β-unsaturated/α-hetero) is 1. The van der Waals surface area contributed by atoms with Crippen LogP contribution in [0.5, 0.6) is 0 Å². The van der Waals surface area contributed by atoms with E-state index in [1.807, 2.05) is 65.0 Å². The molecule has 22 heavy (non-hydrogen) atoms. The van der Waals surface area contributed by atoms with E-state index in [4.69, 9.17) is 4.74 Å². The summed E-state index contributed by atoms with van der Waals surface area (Å²) in [6.07, 6.45) is 2.68. The highest BCUT2D eigenvalue weighted by atomic mass is 16.5. The second kappa shape index (κ2) is 12.7. The van der Waals surface area contributed by atoms with Crippen LogP contribution in [0.2, 0.25) is 0 Å². The SMILES string of the molecule is CC.CC.CCOC(C(=O)c1ccncc1)c1ccccc1.